The van der Waals surface area contributed by atoms with E-state index in [2.05, 4.69) is 10.3 Å². The summed E-state index contributed by atoms with van der Waals surface area (Å²) >= 11 is 0. The first-order chi connectivity index (χ1) is 11.6. The van der Waals surface area contributed by atoms with E-state index in [4.69, 9.17) is 5.26 Å². The summed E-state index contributed by atoms with van der Waals surface area (Å²) in [5.74, 6) is 0.422. The number of rotatable bonds is 4. The van der Waals surface area contributed by atoms with Gasteiger partial charge in [-0.05, 0) is 35.9 Å². The predicted molar refractivity (Wildman–Crippen MR) is 94.5 cm³/mol. The van der Waals surface area contributed by atoms with Crippen LogP contribution in [0.25, 0.3) is 10.9 Å². The second kappa shape index (κ2) is 6.55. The number of fused-ring (bicyclic) bond motifs is 1. The number of hydrogen-bond donors (Lipinski definition) is 1. The van der Waals surface area contributed by atoms with E-state index in [1.807, 2.05) is 55.4 Å². The monoisotopic (exact) mass is 320 g/mol. The molecule has 0 saturated carbocycles. The van der Waals surface area contributed by atoms with Crippen LogP contribution in [0.2, 0.25) is 0 Å². The first-order valence-electron chi connectivity index (χ1n) is 7.58. The summed E-state index contributed by atoms with van der Waals surface area (Å²) < 4.78 is 14.0. The van der Waals surface area contributed by atoms with Crippen molar-refractivity contribution in [3.8, 4) is 6.07 Å². The Morgan fingerprint density at radius 1 is 1.17 bits per heavy atom. The summed E-state index contributed by atoms with van der Waals surface area (Å²) in [6.45, 7) is 0.465. The van der Waals surface area contributed by atoms with Crippen LogP contribution in [-0.2, 0) is 6.54 Å². The largest absolute Gasteiger partial charge is 0.379 e. The third-order valence-electron chi connectivity index (χ3n) is 3.81. The van der Waals surface area contributed by atoms with Crippen molar-refractivity contribution in [1.82, 2.24) is 4.98 Å². The van der Waals surface area contributed by atoms with E-state index in [0.717, 1.165) is 22.3 Å². The Bertz CT molecular complexity index is 928. The fraction of sp³-hybridized carbons (Fsp3) is 0.158. The Labute approximate surface area is 140 Å². The molecule has 1 N–H and O–H groups in total. The van der Waals surface area contributed by atoms with Gasteiger partial charge in [-0.15, -0.1) is 0 Å². The zero-order valence-electron chi connectivity index (χ0n) is 13.5. The molecule has 2 aromatic carbocycles. The lowest BCUT2D eigenvalue weighted by molar-refractivity contribution is 0.629. The average Bonchev–Trinajstić information content (AvgIpc) is 2.60. The Morgan fingerprint density at radius 2 is 1.96 bits per heavy atom. The summed E-state index contributed by atoms with van der Waals surface area (Å²) in [5.41, 5.74) is 2.62. The minimum Gasteiger partial charge on any atom is -0.379 e. The molecule has 0 atom stereocenters. The predicted octanol–water partition coefficient (Wildman–Crippen LogP) is 3.92. The Kier molecular flexibility index (Phi) is 4.30. The van der Waals surface area contributed by atoms with E-state index in [-0.39, 0.29) is 0 Å². The summed E-state index contributed by atoms with van der Waals surface area (Å²) in [5, 5.41) is 13.0. The first kappa shape index (κ1) is 15.8. The van der Waals surface area contributed by atoms with Crippen LogP contribution in [0.4, 0.5) is 15.9 Å². The lowest BCUT2D eigenvalue weighted by atomic mass is 10.1. The number of halogens is 1. The maximum Gasteiger partial charge on any atom is 0.147 e. The van der Waals surface area contributed by atoms with Gasteiger partial charge >= 0.3 is 0 Å². The quantitative estimate of drug-likeness (QED) is 0.791. The van der Waals surface area contributed by atoms with Crippen LogP contribution in [0.1, 0.15) is 11.1 Å². The molecule has 0 bridgehead atoms. The van der Waals surface area contributed by atoms with Gasteiger partial charge in [0.15, 0.2) is 0 Å². The van der Waals surface area contributed by atoms with E-state index in [9.17, 15) is 4.39 Å². The van der Waals surface area contributed by atoms with E-state index in [0.29, 0.717) is 17.8 Å². The molecule has 0 aliphatic rings. The molecule has 1 heterocycles. The number of pyridine rings is 1. The van der Waals surface area contributed by atoms with Gasteiger partial charge < -0.3 is 10.2 Å². The highest BCUT2D eigenvalue weighted by molar-refractivity contribution is 5.84. The lowest BCUT2D eigenvalue weighted by Gasteiger charge is -2.16. The van der Waals surface area contributed by atoms with Gasteiger partial charge in [-0.1, -0.05) is 18.2 Å². The first-order valence-corrected chi connectivity index (χ1v) is 7.58. The Balaban J connectivity index is 1.94. The Hall–Kier alpha value is -3.13. The summed E-state index contributed by atoms with van der Waals surface area (Å²) in [4.78, 5) is 6.56. The molecule has 3 rings (SSSR count). The topological polar surface area (TPSA) is 52.0 Å². The third-order valence-corrected chi connectivity index (χ3v) is 3.81. The minimum atomic E-state index is -0.430. The second-order valence-electron chi connectivity index (χ2n) is 5.71. The maximum atomic E-state index is 14.0. The van der Waals surface area contributed by atoms with Gasteiger partial charge in [0.2, 0.25) is 0 Å². The van der Waals surface area contributed by atoms with Crippen LogP contribution >= 0.6 is 0 Å². The van der Waals surface area contributed by atoms with Crippen molar-refractivity contribution in [3.63, 3.8) is 0 Å². The number of hydrogen-bond acceptors (Lipinski definition) is 4. The van der Waals surface area contributed by atoms with Crippen LogP contribution in [-0.4, -0.2) is 19.1 Å². The van der Waals surface area contributed by atoms with Crippen LogP contribution in [0.5, 0.6) is 0 Å². The molecular formula is C19H17FN4. The van der Waals surface area contributed by atoms with Gasteiger partial charge in [0.05, 0.1) is 22.8 Å². The molecule has 0 unspecified atom stereocenters. The molecular weight excluding hydrogens is 303 g/mol. The van der Waals surface area contributed by atoms with Gasteiger partial charge in [-0.3, -0.25) is 0 Å². The Morgan fingerprint density at radius 3 is 2.67 bits per heavy atom. The molecule has 0 spiro atoms. The fourth-order valence-electron chi connectivity index (χ4n) is 2.53. The normalized spacial score (nSPS) is 10.4. The van der Waals surface area contributed by atoms with E-state index in [1.165, 1.54) is 6.07 Å². The molecule has 0 amide bonds. The summed E-state index contributed by atoms with van der Waals surface area (Å²) in [6, 6.07) is 16.2. The average molecular weight is 320 g/mol. The number of para-hydroxylation sites is 1. The smallest absolute Gasteiger partial charge is 0.147 e. The molecule has 24 heavy (non-hydrogen) atoms. The standard InChI is InChI=1S/C19H17FN4/c1-24(2)19-10-14(15-5-3-4-6-17(15)23-19)12-22-18-8-7-13(11-21)9-16(18)20/h3-10,22H,12H2,1-2H3. The molecule has 5 heteroatoms. The van der Waals surface area contributed by atoms with E-state index in [1.54, 1.807) is 12.1 Å². The van der Waals surface area contributed by atoms with Crippen LogP contribution in [0.15, 0.2) is 48.5 Å². The number of nitriles is 1. The molecule has 4 nitrogen and oxygen atoms in total. The number of nitrogens with one attached hydrogen (secondary N) is 1. The second-order valence-corrected chi connectivity index (χ2v) is 5.71. The molecule has 3 aromatic rings. The number of nitrogens with zero attached hydrogens (tertiary/aromatic N) is 3. The van der Waals surface area contributed by atoms with Gasteiger partial charge in [0.1, 0.15) is 11.6 Å². The van der Waals surface area contributed by atoms with Crippen LogP contribution < -0.4 is 10.2 Å². The number of anilines is 2. The summed E-state index contributed by atoms with van der Waals surface area (Å²) in [6.07, 6.45) is 0. The van der Waals surface area contributed by atoms with Crippen molar-refractivity contribution in [2.24, 2.45) is 0 Å². The van der Waals surface area contributed by atoms with Crippen molar-refractivity contribution in [1.29, 1.82) is 5.26 Å². The van der Waals surface area contributed by atoms with E-state index >= 15 is 0 Å². The summed E-state index contributed by atoms with van der Waals surface area (Å²) in [7, 11) is 3.88. The zero-order chi connectivity index (χ0) is 17.1. The highest BCUT2D eigenvalue weighted by Crippen LogP contribution is 2.24. The lowest BCUT2D eigenvalue weighted by Crippen LogP contribution is -2.12. The van der Waals surface area contributed by atoms with Crippen molar-refractivity contribution < 1.29 is 4.39 Å². The van der Waals surface area contributed by atoms with Gasteiger partial charge in [-0.25, -0.2) is 9.37 Å². The van der Waals surface area contributed by atoms with Crippen molar-refractivity contribution >= 4 is 22.4 Å². The van der Waals surface area contributed by atoms with E-state index < -0.39 is 5.82 Å². The van der Waals surface area contributed by atoms with Gasteiger partial charge in [-0.2, -0.15) is 5.26 Å². The molecule has 0 saturated heterocycles. The SMILES string of the molecule is CN(C)c1cc(CNc2ccc(C#N)cc2F)c2ccccc2n1. The maximum absolute atomic E-state index is 14.0. The van der Waals surface area contributed by atoms with Crippen LogP contribution in [0, 0.1) is 17.1 Å². The molecule has 0 aliphatic heterocycles. The molecule has 0 radical (unpaired) electrons. The van der Waals surface area contributed by atoms with Gasteiger partial charge in [0.25, 0.3) is 0 Å². The molecule has 0 aliphatic carbocycles. The highest BCUT2D eigenvalue weighted by atomic mass is 19.1. The number of aromatic nitrogens is 1. The molecule has 0 fully saturated rings. The third kappa shape index (κ3) is 3.13. The highest BCUT2D eigenvalue weighted by Gasteiger charge is 2.09. The molecule has 120 valence electrons. The van der Waals surface area contributed by atoms with Crippen LogP contribution in [0.3, 0.4) is 0 Å². The van der Waals surface area contributed by atoms with Crippen molar-refractivity contribution in [2.75, 3.05) is 24.3 Å². The minimum absolute atomic E-state index is 0.308. The fourth-order valence-corrected chi connectivity index (χ4v) is 2.53. The van der Waals surface area contributed by atoms with Crippen molar-refractivity contribution in [2.45, 2.75) is 6.54 Å². The number of benzene rings is 2. The zero-order valence-corrected chi connectivity index (χ0v) is 13.5. The van der Waals surface area contributed by atoms with Gasteiger partial charge in [0, 0.05) is 26.0 Å². The molecule has 1 aromatic heterocycles. The van der Waals surface area contributed by atoms with Crippen molar-refractivity contribution in [3.05, 3.63) is 65.5 Å².